The maximum Gasteiger partial charge on any atom is 0.412 e. The number of alkyl halides is 1. The van der Waals surface area contributed by atoms with Crippen molar-refractivity contribution in [2.24, 2.45) is 5.92 Å². The van der Waals surface area contributed by atoms with E-state index in [1.54, 1.807) is 6.07 Å². The number of piperidine rings is 1. The Bertz CT molecular complexity index is 880. The van der Waals surface area contributed by atoms with Crippen LogP contribution in [0.15, 0.2) is 48.5 Å². The smallest absolute Gasteiger partial charge is 0.412 e. The largest absolute Gasteiger partial charge is 0.444 e. The highest BCUT2D eigenvalue weighted by molar-refractivity contribution is 5.68. The summed E-state index contributed by atoms with van der Waals surface area (Å²) in [5, 5.41) is 3.40. The summed E-state index contributed by atoms with van der Waals surface area (Å²) in [6.45, 7) is 1.08. The second-order valence-electron chi connectivity index (χ2n) is 8.09. The molecule has 4 rings (SSSR count). The van der Waals surface area contributed by atoms with Gasteiger partial charge in [0.15, 0.2) is 17.9 Å². The molecule has 1 heterocycles. The third-order valence-electron chi connectivity index (χ3n) is 5.91. The van der Waals surface area contributed by atoms with Crippen LogP contribution in [0.5, 0.6) is 0 Å². The summed E-state index contributed by atoms with van der Waals surface area (Å²) < 4.78 is 46.3. The summed E-state index contributed by atoms with van der Waals surface area (Å²) in [7, 11) is 0. The average molecular weight is 418 g/mol. The number of ether oxygens (including phenoxy) is 1. The van der Waals surface area contributed by atoms with Gasteiger partial charge in [-0.2, -0.15) is 0 Å². The van der Waals surface area contributed by atoms with Crippen molar-refractivity contribution in [1.82, 2.24) is 10.2 Å². The molecule has 160 valence electrons. The van der Waals surface area contributed by atoms with Gasteiger partial charge in [0, 0.05) is 24.9 Å². The highest BCUT2D eigenvalue weighted by Gasteiger charge is 2.39. The van der Waals surface area contributed by atoms with Gasteiger partial charge in [-0.25, -0.2) is 18.0 Å². The Morgan fingerprint density at radius 3 is 2.63 bits per heavy atom. The van der Waals surface area contributed by atoms with E-state index >= 15 is 0 Å². The van der Waals surface area contributed by atoms with Gasteiger partial charge >= 0.3 is 6.09 Å². The van der Waals surface area contributed by atoms with Crippen LogP contribution in [0.2, 0.25) is 0 Å². The molecule has 2 unspecified atom stereocenters. The zero-order chi connectivity index (χ0) is 21.1. The van der Waals surface area contributed by atoms with Gasteiger partial charge in [0.1, 0.15) is 6.61 Å². The number of carbonyl (C=O) groups is 1. The third kappa shape index (κ3) is 4.95. The van der Waals surface area contributed by atoms with Gasteiger partial charge in [-0.1, -0.05) is 36.4 Å². The van der Waals surface area contributed by atoms with E-state index in [1.807, 2.05) is 30.3 Å². The molecule has 1 aliphatic carbocycles. The summed E-state index contributed by atoms with van der Waals surface area (Å²) in [6.07, 6.45) is -0.185. The molecule has 4 atom stereocenters. The number of hydrogen-bond donors (Lipinski definition) is 1. The van der Waals surface area contributed by atoms with Crippen molar-refractivity contribution in [1.29, 1.82) is 0 Å². The second-order valence-corrected chi connectivity index (χ2v) is 8.09. The summed E-state index contributed by atoms with van der Waals surface area (Å²) >= 11 is 0. The van der Waals surface area contributed by atoms with Crippen LogP contribution in [0.4, 0.5) is 18.0 Å². The van der Waals surface area contributed by atoms with Gasteiger partial charge in [0.05, 0.1) is 0 Å². The van der Waals surface area contributed by atoms with Crippen LogP contribution < -0.4 is 5.32 Å². The van der Waals surface area contributed by atoms with Crippen molar-refractivity contribution in [3.05, 3.63) is 71.3 Å². The Morgan fingerprint density at radius 1 is 1.10 bits per heavy atom. The topological polar surface area (TPSA) is 41.6 Å². The lowest BCUT2D eigenvalue weighted by molar-refractivity contribution is 0.00934. The predicted octanol–water partition coefficient (Wildman–Crippen LogP) is 4.75. The Labute approximate surface area is 174 Å². The van der Waals surface area contributed by atoms with Crippen molar-refractivity contribution in [2.45, 2.75) is 44.1 Å². The van der Waals surface area contributed by atoms with E-state index in [9.17, 15) is 18.0 Å². The number of rotatable bonds is 6. The fourth-order valence-electron chi connectivity index (χ4n) is 4.03. The molecule has 1 saturated heterocycles. The molecule has 0 bridgehead atoms. The summed E-state index contributed by atoms with van der Waals surface area (Å²) in [5.41, 5.74) is 1.64. The summed E-state index contributed by atoms with van der Waals surface area (Å²) in [4.78, 5) is 13.4. The summed E-state index contributed by atoms with van der Waals surface area (Å²) in [5.74, 6) is -1.39. The first-order chi connectivity index (χ1) is 14.5. The number of amides is 1. The molecule has 0 radical (unpaired) electrons. The molecular formula is C23H25F3N2O2. The van der Waals surface area contributed by atoms with E-state index in [0.717, 1.165) is 28.5 Å². The number of nitrogens with one attached hydrogen (secondary N) is 1. The lowest BCUT2D eigenvalue weighted by atomic mass is 9.96. The minimum atomic E-state index is -1.37. The zero-order valence-electron chi connectivity index (χ0n) is 16.6. The molecule has 0 spiro atoms. The molecule has 0 aromatic heterocycles. The zero-order valence-corrected chi connectivity index (χ0v) is 16.6. The van der Waals surface area contributed by atoms with Gasteiger partial charge in [-0.3, -0.25) is 4.90 Å². The number of carbonyl (C=O) groups excluding carboxylic acids is 1. The van der Waals surface area contributed by atoms with E-state index < -0.39 is 24.0 Å². The van der Waals surface area contributed by atoms with E-state index in [4.69, 9.17) is 4.74 Å². The average Bonchev–Trinajstić information content (AvgIpc) is 3.53. The molecule has 2 fully saturated rings. The van der Waals surface area contributed by atoms with Crippen molar-refractivity contribution < 1.29 is 22.7 Å². The molecule has 1 saturated carbocycles. The normalized spacial score (nSPS) is 25.8. The van der Waals surface area contributed by atoms with Gasteiger partial charge in [-0.05, 0) is 48.6 Å². The minimum Gasteiger partial charge on any atom is -0.444 e. The molecular weight excluding hydrogens is 393 g/mol. The Hall–Kier alpha value is -2.54. The van der Waals surface area contributed by atoms with Crippen LogP contribution in [0.25, 0.3) is 0 Å². The number of nitrogens with zero attached hydrogens (tertiary/aromatic N) is 1. The Morgan fingerprint density at radius 2 is 1.90 bits per heavy atom. The highest BCUT2D eigenvalue weighted by Crippen LogP contribution is 2.41. The number of hydrogen-bond acceptors (Lipinski definition) is 3. The number of halogens is 3. The molecule has 1 N–H and O–H groups in total. The molecule has 1 amide bonds. The van der Waals surface area contributed by atoms with Gasteiger partial charge in [0.25, 0.3) is 0 Å². The Kier molecular flexibility index (Phi) is 6.27. The molecule has 1 aliphatic heterocycles. The molecule has 4 nitrogen and oxygen atoms in total. The Balaban J connectivity index is 1.19. The van der Waals surface area contributed by atoms with Crippen LogP contribution in [-0.2, 0) is 11.3 Å². The van der Waals surface area contributed by atoms with E-state index in [2.05, 4.69) is 5.32 Å². The lowest BCUT2D eigenvalue weighted by Crippen LogP contribution is -2.46. The van der Waals surface area contributed by atoms with Crippen LogP contribution in [0, 0.1) is 17.6 Å². The molecule has 2 aromatic carbocycles. The van der Waals surface area contributed by atoms with Crippen molar-refractivity contribution in [3.63, 3.8) is 0 Å². The molecule has 30 heavy (non-hydrogen) atoms. The first-order valence-electron chi connectivity index (χ1n) is 10.3. The van der Waals surface area contributed by atoms with Crippen LogP contribution >= 0.6 is 0 Å². The first-order valence-corrected chi connectivity index (χ1v) is 10.3. The highest BCUT2D eigenvalue weighted by atomic mass is 19.2. The lowest BCUT2D eigenvalue weighted by Gasteiger charge is -2.34. The SMILES string of the molecule is O=C(OCc1ccccc1)N1CCC(CN[C@@H]2C[C@H]2c2ccc(F)c(F)c2)CC1F. The first kappa shape index (κ1) is 20.7. The second kappa shape index (κ2) is 9.08. The third-order valence-corrected chi connectivity index (χ3v) is 5.91. The minimum absolute atomic E-state index is 0.115. The van der Waals surface area contributed by atoms with E-state index in [-0.39, 0.29) is 30.9 Å². The van der Waals surface area contributed by atoms with E-state index in [0.29, 0.717) is 19.5 Å². The van der Waals surface area contributed by atoms with Crippen LogP contribution in [0.3, 0.4) is 0 Å². The van der Waals surface area contributed by atoms with Gasteiger partial charge in [-0.15, -0.1) is 0 Å². The number of benzene rings is 2. The van der Waals surface area contributed by atoms with Crippen LogP contribution in [0.1, 0.15) is 36.3 Å². The molecule has 7 heteroatoms. The fraction of sp³-hybridized carbons (Fsp3) is 0.435. The monoisotopic (exact) mass is 418 g/mol. The van der Waals surface area contributed by atoms with Gasteiger partial charge < -0.3 is 10.1 Å². The quantitative estimate of drug-likeness (QED) is 0.688. The number of likely N-dealkylation sites (tertiary alicyclic amines) is 1. The maximum absolute atomic E-state index is 14.6. The van der Waals surface area contributed by atoms with Crippen molar-refractivity contribution >= 4 is 6.09 Å². The van der Waals surface area contributed by atoms with Crippen molar-refractivity contribution in [2.75, 3.05) is 13.1 Å². The van der Waals surface area contributed by atoms with Crippen molar-refractivity contribution in [3.8, 4) is 0 Å². The molecule has 2 aliphatic rings. The predicted molar refractivity (Wildman–Crippen MR) is 106 cm³/mol. The fourth-order valence-corrected chi connectivity index (χ4v) is 4.03. The maximum atomic E-state index is 14.6. The van der Waals surface area contributed by atoms with Crippen LogP contribution in [-0.4, -0.2) is 36.4 Å². The standard InChI is InChI=1S/C23H25F3N2O2/c24-19-7-6-17(11-20(19)25)18-12-21(18)27-13-16-8-9-28(22(26)10-16)23(29)30-14-15-4-2-1-3-5-15/h1-7,11,16,18,21-22,27H,8-10,12-14H2/t16?,18-,21+,22?/m0/s1. The van der Waals surface area contributed by atoms with Gasteiger partial charge in [0.2, 0.25) is 0 Å². The van der Waals surface area contributed by atoms with E-state index in [1.165, 1.54) is 6.07 Å². The summed E-state index contributed by atoms with van der Waals surface area (Å²) in [6, 6.07) is 13.5. The molecule has 2 aromatic rings.